The van der Waals surface area contributed by atoms with Crippen molar-refractivity contribution in [2.75, 3.05) is 41.3 Å². The van der Waals surface area contributed by atoms with E-state index in [1.165, 1.54) is 38.8 Å². The topological polar surface area (TPSA) is 6.48 Å². The molecule has 0 saturated heterocycles. The third-order valence-corrected chi connectivity index (χ3v) is 3.03. The average molecular weight is 212 g/mol. The van der Waals surface area contributed by atoms with Crippen LogP contribution < -0.4 is 0 Å². The van der Waals surface area contributed by atoms with Crippen LogP contribution in [0.25, 0.3) is 0 Å². The van der Waals surface area contributed by atoms with Crippen LogP contribution in [0.5, 0.6) is 0 Å². The molecule has 0 spiro atoms. The van der Waals surface area contributed by atoms with Crippen molar-refractivity contribution in [3.8, 4) is 0 Å². The standard InChI is InChI=1S/C11H25N2.Al/c1-12(2)10-8-6-5-7-9-11-13(3)4;/h5H,6-11H2,1-4H3;/q;+2. The van der Waals surface area contributed by atoms with Gasteiger partial charge in [-0.2, -0.15) is 0 Å². The summed E-state index contributed by atoms with van der Waals surface area (Å²) in [6.45, 7) is 2.44. The van der Waals surface area contributed by atoms with Crippen LogP contribution in [0.3, 0.4) is 0 Å². The van der Waals surface area contributed by atoms with E-state index in [1.54, 1.807) is 0 Å². The zero-order chi connectivity index (χ0) is 11.0. The van der Waals surface area contributed by atoms with Crippen molar-refractivity contribution in [2.24, 2.45) is 0 Å². The fourth-order valence-corrected chi connectivity index (χ4v) is 1.96. The molecule has 0 aliphatic rings. The van der Waals surface area contributed by atoms with Crippen molar-refractivity contribution in [3.05, 3.63) is 0 Å². The summed E-state index contributed by atoms with van der Waals surface area (Å²) < 4.78 is 0.815. The Morgan fingerprint density at radius 2 is 1.21 bits per heavy atom. The maximum atomic E-state index is 2.99. The molecule has 0 heterocycles. The molecule has 0 unspecified atom stereocenters. The Balaban J connectivity index is 3.23. The molecule has 0 fully saturated rings. The normalized spacial score (nSPS) is 12.1. The summed E-state index contributed by atoms with van der Waals surface area (Å²) in [5.41, 5.74) is 0. The van der Waals surface area contributed by atoms with Crippen LogP contribution in [0.1, 0.15) is 25.7 Å². The third-order valence-electron chi connectivity index (χ3n) is 2.36. The maximum absolute atomic E-state index is 2.99. The number of hydrogen-bond acceptors (Lipinski definition) is 2. The predicted octanol–water partition coefficient (Wildman–Crippen LogP) is 1.63. The Morgan fingerprint density at radius 3 is 1.50 bits per heavy atom. The summed E-state index contributed by atoms with van der Waals surface area (Å²) in [5.74, 6) is 0. The first-order valence-electron chi connectivity index (χ1n) is 5.57. The van der Waals surface area contributed by atoms with Crippen LogP contribution in [0.4, 0.5) is 0 Å². The van der Waals surface area contributed by atoms with E-state index in [0.717, 1.165) is 4.78 Å². The first kappa shape index (κ1) is 14.5. The van der Waals surface area contributed by atoms with Crippen LogP contribution in [0, 0.1) is 0 Å². The summed E-state index contributed by atoms with van der Waals surface area (Å²) in [4.78, 5) is 4.52. The molecule has 0 rings (SSSR count). The molecule has 0 aromatic carbocycles. The Kier molecular flexibility index (Phi) is 9.02. The van der Waals surface area contributed by atoms with Crippen LogP contribution in [-0.4, -0.2) is 67.4 Å². The van der Waals surface area contributed by atoms with E-state index in [2.05, 4.69) is 54.3 Å². The van der Waals surface area contributed by atoms with Gasteiger partial charge in [-0.1, -0.05) is 0 Å². The fraction of sp³-hybridized carbons (Fsp3) is 1.00. The van der Waals surface area contributed by atoms with Crippen LogP contribution >= 0.6 is 0 Å². The second kappa shape index (κ2) is 8.74. The molecule has 0 aliphatic carbocycles. The molecule has 14 heavy (non-hydrogen) atoms. The monoisotopic (exact) mass is 212 g/mol. The van der Waals surface area contributed by atoms with Gasteiger partial charge in [-0.15, -0.1) is 0 Å². The van der Waals surface area contributed by atoms with Crippen molar-refractivity contribution in [2.45, 2.75) is 30.5 Å². The molecule has 0 radical (unpaired) electrons. The Labute approximate surface area is 98.1 Å². The predicted molar refractivity (Wildman–Crippen MR) is 65.1 cm³/mol. The van der Waals surface area contributed by atoms with Crippen molar-refractivity contribution >= 4 is 16.3 Å². The molecule has 3 heteroatoms. The van der Waals surface area contributed by atoms with Gasteiger partial charge in [0.25, 0.3) is 0 Å². The zero-order valence-electron chi connectivity index (χ0n) is 10.3. The van der Waals surface area contributed by atoms with Gasteiger partial charge in [-0.25, -0.2) is 0 Å². The average Bonchev–Trinajstić information content (AvgIpc) is 2.02. The minimum absolute atomic E-state index is 0.815. The van der Waals surface area contributed by atoms with E-state index < -0.39 is 0 Å². The number of rotatable bonds is 8. The van der Waals surface area contributed by atoms with Gasteiger partial charge in [0.15, 0.2) is 0 Å². The SMILES string of the molecule is CN(C)CCC[CH]([Al+2])CCCN(C)C. The summed E-state index contributed by atoms with van der Waals surface area (Å²) in [5, 5.41) is 0. The van der Waals surface area contributed by atoms with Gasteiger partial charge in [0.2, 0.25) is 0 Å². The molecule has 0 aromatic heterocycles. The summed E-state index contributed by atoms with van der Waals surface area (Å²) in [6.07, 6.45) is 5.33. The van der Waals surface area contributed by atoms with Crippen LogP contribution in [0.2, 0.25) is 4.78 Å². The van der Waals surface area contributed by atoms with E-state index >= 15 is 0 Å². The Morgan fingerprint density at radius 1 is 0.857 bits per heavy atom. The van der Waals surface area contributed by atoms with Crippen LogP contribution in [-0.2, 0) is 0 Å². The quantitative estimate of drug-likeness (QED) is 0.564. The molecular weight excluding hydrogens is 187 g/mol. The summed E-state index contributed by atoms with van der Waals surface area (Å²) >= 11 is 2.99. The van der Waals surface area contributed by atoms with E-state index in [4.69, 9.17) is 0 Å². The van der Waals surface area contributed by atoms with E-state index in [-0.39, 0.29) is 0 Å². The molecule has 0 atom stereocenters. The van der Waals surface area contributed by atoms with Crippen molar-refractivity contribution in [1.82, 2.24) is 9.80 Å². The van der Waals surface area contributed by atoms with Crippen molar-refractivity contribution in [3.63, 3.8) is 0 Å². The van der Waals surface area contributed by atoms with Gasteiger partial charge in [0, 0.05) is 0 Å². The second-order valence-corrected chi connectivity index (χ2v) is 5.59. The van der Waals surface area contributed by atoms with Gasteiger partial charge in [-0.3, -0.25) is 0 Å². The van der Waals surface area contributed by atoms with Gasteiger partial charge < -0.3 is 0 Å². The Hall–Kier alpha value is 0.452. The molecule has 80 valence electrons. The number of hydrogen-bond donors (Lipinski definition) is 0. The molecule has 0 amide bonds. The minimum atomic E-state index is 0.815. The third kappa shape index (κ3) is 10.5. The van der Waals surface area contributed by atoms with Crippen molar-refractivity contribution in [1.29, 1.82) is 0 Å². The van der Waals surface area contributed by atoms with Crippen LogP contribution in [0.15, 0.2) is 0 Å². The molecular formula is C11H25AlN2+2. The van der Waals surface area contributed by atoms with Crippen molar-refractivity contribution < 1.29 is 0 Å². The fourth-order valence-electron chi connectivity index (χ4n) is 1.48. The molecule has 0 saturated carbocycles. The van der Waals surface area contributed by atoms with Gasteiger partial charge in [-0.05, 0) is 0 Å². The molecule has 0 bridgehead atoms. The van der Waals surface area contributed by atoms with Gasteiger partial charge in [0.05, 0.1) is 0 Å². The molecule has 2 nitrogen and oxygen atoms in total. The van der Waals surface area contributed by atoms with Gasteiger partial charge in [0.1, 0.15) is 0 Å². The molecule has 0 N–H and O–H groups in total. The van der Waals surface area contributed by atoms with E-state index in [1.807, 2.05) is 0 Å². The summed E-state index contributed by atoms with van der Waals surface area (Å²) in [7, 11) is 8.57. The molecule has 0 aromatic rings. The molecule has 0 aliphatic heterocycles. The number of nitrogens with zero attached hydrogens (tertiary/aromatic N) is 2. The Bertz CT molecular complexity index is 112. The van der Waals surface area contributed by atoms with E-state index in [0.29, 0.717) is 0 Å². The second-order valence-electron chi connectivity index (χ2n) is 4.65. The van der Waals surface area contributed by atoms with E-state index in [9.17, 15) is 0 Å². The first-order chi connectivity index (χ1) is 6.52. The summed E-state index contributed by atoms with van der Waals surface area (Å²) in [6, 6.07) is 0. The first-order valence-corrected chi connectivity index (χ1v) is 6.24. The zero-order valence-corrected chi connectivity index (χ0v) is 11.4. The van der Waals surface area contributed by atoms with Gasteiger partial charge >= 0.3 is 97.8 Å².